The van der Waals surface area contributed by atoms with Crippen molar-refractivity contribution in [2.24, 2.45) is 4.99 Å². The van der Waals surface area contributed by atoms with Gasteiger partial charge in [0.25, 0.3) is 0 Å². The Morgan fingerprint density at radius 1 is 1.12 bits per heavy atom. The van der Waals surface area contributed by atoms with Crippen molar-refractivity contribution in [3.05, 3.63) is 64.3 Å². The minimum atomic E-state index is -0.533. The molecule has 0 spiro atoms. The molecule has 24 heavy (non-hydrogen) atoms. The molecule has 6 heteroatoms. The molecular weight excluding hydrogens is 330 g/mol. The lowest BCUT2D eigenvalue weighted by Crippen LogP contribution is -2.05. The highest BCUT2D eigenvalue weighted by atomic mass is 35.5. The van der Waals surface area contributed by atoms with Crippen LogP contribution in [-0.4, -0.2) is 26.1 Å². The van der Waals surface area contributed by atoms with Crippen molar-refractivity contribution in [2.75, 3.05) is 14.2 Å². The fourth-order valence-electron chi connectivity index (χ4n) is 2.25. The average Bonchev–Trinajstić information content (AvgIpc) is 2.95. The summed E-state index contributed by atoms with van der Waals surface area (Å²) in [5.41, 5.74) is 1.48. The lowest BCUT2D eigenvalue weighted by atomic mass is 10.1. The highest BCUT2D eigenvalue weighted by Crippen LogP contribution is 2.28. The van der Waals surface area contributed by atoms with Crippen molar-refractivity contribution < 1.29 is 19.0 Å². The zero-order chi connectivity index (χ0) is 17.1. The van der Waals surface area contributed by atoms with Crippen molar-refractivity contribution in [3.8, 4) is 11.5 Å². The minimum Gasteiger partial charge on any atom is -0.497 e. The predicted octanol–water partition coefficient (Wildman–Crippen LogP) is 3.70. The molecule has 1 heterocycles. The molecule has 122 valence electrons. The van der Waals surface area contributed by atoms with E-state index in [4.69, 9.17) is 25.8 Å². The second-order valence-corrected chi connectivity index (χ2v) is 5.39. The van der Waals surface area contributed by atoms with Crippen LogP contribution in [-0.2, 0) is 9.53 Å². The topological polar surface area (TPSA) is 57.1 Å². The molecule has 5 nitrogen and oxygen atoms in total. The van der Waals surface area contributed by atoms with Crippen molar-refractivity contribution in [2.45, 2.75) is 0 Å². The van der Waals surface area contributed by atoms with Gasteiger partial charge in [0.1, 0.15) is 11.5 Å². The van der Waals surface area contributed by atoms with E-state index in [-0.39, 0.29) is 11.6 Å². The summed E-state index contributed by atoms with van der Waals surface area (Å²) in [4.78, 5) is 16.3. The van der Waals surface area contributed by atoms with Gasteiger partial charge < -0.3 is 14.2 Å². The summed E-state index contributed by atoms with van der Waals surface area (Å²) in [5.74, 6) is 0.932. The molecule has 2 aromatic rings. The number of benzene rings is 2. The Morgan fingerprint density at radius 3 is 2.67 bits per heavy atom. The summed E-state index contributed by atoms with van der Waals surface area (Å²) >= 11 is 5.96. The Bertz CT molecular complexity index is 858. The summed E-state index contributed by atoms with van der Waals surface area (Å²) in [7, 11) is 3.12. The number of methoxy groups -OCH3 is 2. The molecule has 2 aromatic carbocycles. The van der Waals surface area contributed by atoms with E-state index in [0.717, 1.165) is 0 Å². The van der Waals surface area contributed by atoms with Crippen molar-refractivity contribution >= 4 is 29.5 Å². The third-order valence-electron chi connectivity index (χ3n) is 3.42. The van der Waals surface area contributed by atoms with E-state index in [1.807, 2.05) is 0 Å². The van der Waals surface area contributed by atoms with Gasteiger partial charge in [-0.1, -0.05) is 17.7 Å². The Kier molecular flexibility index (Phi) is 4.53. The molecule has 1 aliphatic rings. The third-order valence-corrected chi connectivity index (χ3v) is 3.66. The van der Waals surface area contributed by atoms with Gasteiger partial charge in [0.2, 0.25) is 5.90 Å². The van der Waals surface area contributed by atoms with Gasteiger partial charge in [-0.05, 0) is 42.5 Å². The van der Waals surface area contributed by atoms with Gasteiger partial charge in [0.05, 0.1) is 14.2 Å². The van der Waals surface area contributed by atoms with Crippen LogP contribution in [0.25, 0.3) is 6.08 Å². The molecule has 1 aliphatic heterocycles. The average molecular weight is 344 g/mol. The largest absolute Gasteiger partial charge is 0.497 e. The number of hydrogen-bond acceptors (Lipinski definition) is 5. The molecular formula is C18H14ClNO4. The van der Waals surface area contributed by atoms with Gasteiger partial charge in [-0.25, -0.2) is 9.79 Å². The number of nitrogens with zero attached hydrogens (tertiary/aromatic N) is 1. The van der Waals surface area contributed by atoms with Crippen LogP contribution in [0.4, 0.5) is 0 Å². The molecule has 0 bridgehead atoms. The van der Waals surface area contributed by atoms with Crippen LogP contribution in [0, 0.1) is 0 Å². The number of ether oxygens (including phenoxy) is 3. The summed E-state index contributed by atoms with van der Waals surface area (Å²) in [6.45, 7) is 0. The Hall–Kier alpha value is -2.79. The molecule has 3 rings (SSSR count). The SMILES string of the molecule is COc1ccc(OC)c(C=C2N=C(c3cccc(Cl)c3)OC2=O)c1. The van der Waals surface area contributed by atoms with Gasteiger partial charge in [-0.15, -0.1) is 0 Å². The van der Waals surface area contributed by atoms with Crippen LogP contribution in [0.3, 0.4) is 0 Å². The van der Waals surface area contributed by atoms with Crippen molar-refractivity contribution in [1.29, 1.82) is 0 Å². The fourth-order valence-corrected chi connectivity index (χ4v) is 2.44. The van der Waals surface area contributed by atoms with E-state index >= 15 is 0 Å². The van der Waals surface area contributed by atoms with E-state index in [1.165, 1.54) is 0 Å². The van der Waals surface area contributed by atoms with Gasteiger partial charge in [0, 0.05) is 16.1 Å². The maximum absolute atomic E-state index is 12.1. The number of hydrogen-bond donors (Lipinski definition) is 0. The van der Waals surface area contributed by atoms with Gasteiger partial charge in [0.15, 0.2) is 5.70 Å². The van der Waals surface area contributed by atoms with Crippen LogP contribution < -0.4 is 9.47 Å². The lowest BCUT2D eigenvalue weighted by molar-refractivity contribution is -0.129. The van der Waals surface area contributed by atoms with Crippen LogP contribution >= 0.6 is 11.6 Å². The number of halogens is 1. The molecule has 0 unspecified atom stereocenters. The smallest absolute Gasteiger partial charge is 0.363 e. The fraction of sp³-hybridized carbons (Fsp3) is 0.111. The first kappa shape index (κ1) is 16.1. The van der Waals surface area contributed by atoms with Gasteiger partial charge in [-0.2, -0.15) is 0 Å². The minimum absolute atomic E-state index is 0.177. The van der Waals surface area contributed by atoms with E-state index in [1.54, 1.807) is 62.8 Å². The summed E-state index contributed by atoms with van der Waals surface area (Å²) in [6.07, 6.45) is 1.60. The maximum Gasteiger partial charge on any atom is 0.363 e. The van der Waals surface area contributed by atoms with Crippen LogP contribution in [0.1, 0.15) is 11.1 Å². The first-order valence-electron chi connectivity index (χ1n) is 7.11. The van der Waals surface area contributed by atoms with Gasteiger partial charge in [-0.3, -0.25) is 0 Å². The predicted molar refractivity (Wildman–Crippen MR) is 91.6 cm³/mol. The molecule has 0 aromatic heterocycles. The first-order chi connectivity index (χ1) is 11.6. The molecule has 0 amide bonds. The highest BCUT2D eigenvalue weighted by Gasteiger charge is 2.24. The molecule has 0 fully saturated rings. The standard InChI is InChI=1S/C18H14ClNO4/c1-22-14-6-7-16(23-2)12(9-14)10-15-18(21)24-17(20-15)11-4-3-5-13(19)8-11/h3-10H,1-2H3. The molecule has 0 radical (unpaired) electrons. The van der Waals surface area contributed by atoms with Gasteiger partial charge >= 0.3 is 5.97 Å². The first-order valence-corrected chi connectivity index (χ1v) is 7.49. The van der Waals surface area contributed by atoms with Crippen LogP contribution in [0.5, 0.6) is 11.5 Å². The Morgan fingerprint density at radius 2 is 1.96 bits per heavy atom. The van der Waals surface area contributed by atoms with Crippen molar-refractivity contribution in [1.82, 2.24) is 0 Å². The van der Waals surface area contributed by atoms with E-state index in [9.17, 15) is 4.79 Å². The number of carbonyl (C=O) groups excluding carboxylic acids is 1. The summed E-state index contributed by atoms with van der Waals surface area (Å²) < 4.78 is 15.7. The molecule has 0 saturated carbocycles. The number of rotatable bonds is 4. The molecule has 0 atom stereocenters. The monoisotopic (exact) mass is 343 g/mol. The second kappa shape index (κ2) is 6.76. The maximum atomic E-state index is 12.1. The lowest BCUT2D eigenvalue weighted by Gasteiger charge is -2.07. The van der Waals surface area contributed by atoms with E-state index in [2.05, 4.69) is 4.99 Å². The molecule has 0 aliphatic carbocycles. The van der Waals surface area contributed by atoms with Crippen LogP contribution in [0.15, 0.2) is 53.2 Å². The number of carbonyl (C=O) groups is 1. The third kappa shape index (κ3) is 3.26. The normalized spacial score (nSPS) is 15.2. The quantitative estimate of drug-likeness (QED) is 0.627. The second-order valence-electron chi connectivity index (χ2n) is 4.95. The Labute approximate surface area is 144 Å². The molecule has 0 saturated heterocycles. The van der Waals surface area contributed by atoms with E-state index in [0.29, 0.717) is 27.6 Å². The van der Waals surface area contributed by atoms with Crippen LogP contribution in [0.2, 0.25) is 5.02 Å². The Balaban J connectivity index is 2.00. The van der Waals surface area contributed by atoms with Crippen molar-refractivity contribution in [3.63, 3.8) is 0 Å². The highest BCUT2D eigenvalue weighted by molar-refractivity contribution is 6.31. The number of esters is 1. The number of cyclic esters (lactones) is 1. The summed E-state index contributed by atoms with van der Waals surface area (Å²) in [6, 6.07) is 12.2. The zero-order valence-electron chi connectivity index (χ0n) is 13.1. The van der Waals surface area contributed by atoms with E-state index < -0.39 is 5.97 Å². The number of aliphatic imine (C=N–C) groups is 1. The zero-order valence-corrected chi connectivity index (χ0v) is 13.8. The molecule has 0 N–H and O–H groups in total. The summed E-state index contributed by atoms with van der Waals surface area (Å²) in [5, 5.41) is 0.540.